The number of carbonyl (C=O) groups is 1. The molecule has 6 heteroatoms. The van der Waals surface area contributed by atoms with Crippen LogP contribution >= 0.6 is 0 Å². The van der Waals surface area contributed by atoms with Gasteiger partial charge in [0.1, 0.15) is 0 Å². The van der Waals surface area contributed by atoms with E-state index in [9.17, 15) is 14.9 Å². The molecule has 2 aromatic carbocycles. The van der Waals surface area contributed by atoms with Crippen LogP contribution in [0.2, 0.25) is 0 Å². The second-order valence-electron chi connectivity index (χ2n) is 5.87. The van der Waals surface area contributed by atoms with E-state index in [0.29, 0.717) is 18.0 Å². The number of non-ortho nitro benzene ring substituents is 1. The SMILES string of the molecule is CC(C)C(CNC(=O)c1ccc([N+](=O)[O-])cc1)Nc1ccccc1. The van der Waals surface area contributed by atoms with Gasteiger partial charge in [-0.15, -0.1) is 0 Å². The number of anilines is 1. The van der Waals surface area contributed by atoms with Gasteiger partial charge in [-0.25, -0.2) is 0 Å². The largest absolute Gasteiger partial charge is 0.380 e. The fourth-order valence-electron chi connectivity index (χ4n) is 2.24. The molecule has 0 aliphatic heterocycles. The smallest absolute Gasteiger partial charge is 0.269 e. The van der Waals surface area contributed by atoms with Crippen molar-refractivity contribution < 1.29 is 9.72 Å². The number of nitrogens with one attached hydrogen (secondary N) is 2. The molecule has 0 saturated carbocycles. The van der Waals surface area contributed by atoms with Crippen LogP contribution in [0, 0.1) is 16.0 Å². The van der Waals surface area contributed by atoms with E-state index in [4.69, 9.17) is 0 Å². The summed E-state index contributed by atoms with van der Waals surface area (Å²) in [6, 6.07) is 15.5. The third-order valence-electron chi connectivity index (χ3n) is 3.75. The molecule has 6 nitrogen and oxygen atoms in total. The van der Waals surface area contributed by atoms with Crippen LogP contribution in [-0.4, -0.2) is 23.4 Å². The van der Waals surface area contributed by atoms with E-state index in [-0.39, 0.29) is 17.6 Å². The Labute approximate surface area is 141 Å². The molecule has 0 aliphatic carbocycles. The number of carbonyl (C=O) groups excluding carboxylic acids is 1. The van der Waals surface area contributed by atoms with E-state index in [2.05, 4.69) is 24.5 Å². The minimum atomic E-state index is -0.486. The van der Waals surface area contributed by atoms with E-state index in [1.165, 1.54) is 24.3 Å². The van der Waals surface area contributed by atoms with Crippen molar-refractivity contribution in [1.29, 1.82) is 0 Å². The average molecular weight is 327 g/mol. The molecule has 2 rings (SSSR count). The number of nitro benzene ring substituents is 1. The molecule has 0 fully saturated rings. The summed E-state index contributed by atoms with van der Waals surface area (Å²) in [6.07, 6.45) is 0. The van der Waals surface area contributed by atoms with Gasteiger partial charge in [0.25, 0.3) is 11.6 Å². The number of rotatable bonds is 7. The first-order valence-corrected chi connectivity index (χ1v) is 7.81. The molecule has 1 unspecified atom stereocenters. The highest BCUT2D eigenvalue weighted by molar-refractivity contribution is 5.94. The van der Waals surface area contributed by atoms with E-state index < -0.39 is 4.92 Å². The van der Waals surface area contributed by atoms with Crippen molar-refractivity contribution >= 4 is 17.3 Å². The quantitative estimate of drug-likeness (QED) is 0.602. The van der Waals surface area contributed by atoms with E-state index >= 15 is 0 Å². The fourth-order valence-corrected chi connectivity index (χ4v) is 2.24. The number of amides is 1. The predicted octanol–water partition coefficient (Wildman–Crippen LogP) is 3.46. The maximum atomic E-state index is 12.2. The number of para-hydroxylation sites is 1. The summed E-state index contributed by atoms with van der Waals surface area (Å²) in [5.41, 5.74) is 1.38. The molecule has 1 atom stereocenters. The second-order valence-corrected chi connectivity index (χ2v) is 5.87. The fraction of sp³-hybridized carbons (Fsp3) is 0.278. The van der Waals surface area contributed by atoms with Gasteiger partial charge in [0.15, 0.2) is 0 Å². The lowest BCUT2D eigenvalue weighted by atomic mass is 10.0. The number of nitrogens with zero attached hydrogens (tertiary/aromatic N) is 1. The molecule has 0 saturated heterocycles. The molecular formula is C18H21N3O3. The standard InChI is InChI=1S/C18H21N3O3/c1-13(2)17(20-15-6-4-3-5-7-15)12-19-18(22)14-8-10-16(11-9-14)21(23)24/h3-11,13,17,20H,12H2,1-2H3,(H,19,22). The summed E-state index contributed by atoms with van der Waals surface area (Å²) < 4.78 is 0. The van der Waals surface area contributed by atoms with E-state index in [0.717, 1.165) is 5.69 Å². The molecule has 126 valence electrons. The number of hydrogen-bond acceptors (Lipinski definition) is 4. The van der Waals surface area contributed by atoms with Crippen LogP contribution in [0.4, 0.5) is 11.4 Å². The Morgan fingerprint density at radius 3 is 2.25 bits per heavy atom. The molecule has 0 radical (unpaired) electrons. The minimum Gasteiger partial charge on any atom is -0.380 e. The number of hydrogen-bond donors (Lipinski definition) is 2. The van der Waals surface area contributed by atoms with Gasteiger partial charge in [0.05, 0.1) is 4.92 Å². The van der Waals surface area contributed by atoms with Crippen LogP contribution in [0.1, 0.15) is 24.2 Å². The Morgan fingerprint density at radius 1 is 1.08 bits per heavy atom. The van der Waals surface area contributed by atoms with Gasteiger partial charge in [-0.2, -0.15) is 0 Å². The summed E-state index contributed by atoms with van der Waals surface area (Å²) in [7, 11) is 0. The van der Waals surface area contributed by atoms with Crippen molar-refractivity contribution in [3.63, 3.8) is 0 Å². The normalized spacial score (nSPS) is 11.8. The Bertz CT molecular complexity index is 684. The monoisotopic (exact) mass is 327 g/mol. The van der Waals surface area contributed by atoms with Crippen molar-refractivity contribution in [3.8, 4) is 0 Å². The average Bonchev–Trinajstić information content (AvgIpc) is 2.59. The molecule has 1 amide bonds. The van der Waals surface area contributed by atoms with Crippen molar-refractivity contribution in [2.45, 2.75) is 19.9 Å². The molecule has 24 heavy (non-hydrogen) atoms. The lowest BCUT2D eigenvalue weighted by Gasteiger charge is -2.24. The number of benzene rings is 2. The zero-order chi connectivity index (χ0) is 17.5. The Morgan fingerprint density at radius 2 is 1.71 bits per heavy atom. The summed E-state index contributed by atoms with van der Waals surface area (Å²) >= 11 is 0. The van der Waals surface area contributed by atoms with Crippen LogP contribution in [0.5, 0.6) is 0 Å². The zero-order valence-corrected chi connectivity index (χ0v) is 13.7. The first-order chi connectivity index (χ1) is 11.5. The van der Waals surface area contributed by atoms with Gasteiger partial charge in [0, 0.05) is 36.0 Å². The minimum absolute atomic E-state index is 0.0302. The Balaban J connectivity index is 1.95. The number of nitro groups is 1. The Kier molecular flexibility index (Phi) is 5.89. The highest BCUT2D eigenvalue weighted by Gasteiger charge is 2.15. The molecule has 0 heterocycles. The predicted molar refractivity (Wildman–Crippen MR) is 94.1 cm³/mol. The lowest BCUT2D eigenvalue weighted by Crippen LogP contribution is -2.39. The molecule has 0 spiro atoms. The molecule has 0 bridgehead atoms. The van der Waals surface area contributed by atoms with Crippen molar-refractivity contribution in [3.05, 3.63) is 70.3 Å². The summed E-state index contributed by atoms with van der Waals surface area (Å²) in [6.45, 7) is 4.62. The Hall–Kier alpha value is -2.89. The van der Waals surface area contributed by atoms with Crippen molar-refractivity contribution in [2.75, 3.05) is 11.9 Å². The first kappa shape index (κ1) is 17.5. The topological polar surface area (TPSA) is 84.3 Å². The van der Waals surface area contributed by atoms with Gasteiger partial charge >= 0.3 is 0 Å². The van der Waals surface area contributed by atoms with Gasteiger partial charge in [-0.1, -0.05) is 32.0 Å². The van der Waals surface area contributed by atoms with Gasteiger partial charge < -0.3 is 10.6 Å². The third-order valence-corrected chi connectivity index (χ3v) is 3.75. The lowest BCUT2D eigenvalue weighted by molar-refractivity contribution is -0.384. The molecule has 2 aromatic rings. The highest BCUT2D eigenvalue weighted by atomic mass is 16.6. The molecular weight excluding hydrogens is 306 g/mol. The van der Waals surface area contributed by atoms with Crippen LogP contribution in [0.15, 0.2) is 54.6 Å². The first-order valence-electron chi connectivity index (χ1n) is 7.81. The summed E-state index contributed by atoms with van der Waals surface area (Å²) in [5.74, 6) is 0.0766. The van der Waals surface area contributed by atoms with Crippen LogP contribution in [0.3, 0.4) is 0 Å². The zero-order valence-electron chi connectivity index (χ0n) is 13.7. The second kappa shape index (κ2) is 8.10. The maximum absolute atomic E-state index is 12.2. The van der Waals surface area contributed by atoms with Crippen LogP contribution in [0.25, 0.3) is 0 Å². The van der Waals surface area contributed by atoms with E-state index in [1.54, 1.807) is 0 Å². The maximum Gasteiger partial charge on any atom is 0.269 e. The van der Waals surface area contributed by atoms with E-state index in [1.807, 2.05) is 30.3 Å². The molecule has 0 aromatic heterocycles. The van der Waals surface area contributed by atoms with Gasteiger partial charge in [0.2, 0.25) is 0 Å². The molecule has 2 N–H and O–H groups in total. The van der Waals surface area contributed by atoms with Crippen molar-refractivity contribution in [2.24, 2.45) is 5.92 Å². The van der Waals surface area contributed by atoms with Crippen LogP contribution < -0.4 is 10.6 Å². The highest BCUT2D eigenvalue weighted by Crippen LogP contribution is 2.13. The molecule has 0 aliphatic rings. The summed E-state index contributed by atoms with van der Waals surface area (Å²) in [5, 5.41) is 16.9. The van der Waals surface area contributed by atoms with Gasteiger partial charge in [-0.05, 0) is 30.2 Å². The third kappa shape index (κ3) is 4.81. The van der Waals surface area contributed by atoms with Crippen molar-refractivity contribution in [1.82, 2.24) is 5.32 Å². The summed E-state index contributed by atoms with van der Waals surface area (Å²) in [4.78, 5) is 22.4. The van der Waals surface area contributed by atoms with Gasteiger partial charge in [-0.3, -0.25) is 14.9 Å². The van der Waals surface area contributed by atoms with Crippen LogP contribution in [-0.2, 0) is 0 Å².